The second-order valence-corrected chi connectivity index (χ2v) is 5.17. The number of halogens is 1. The Morgan fingerprint density at radius 1 is 1.50 bits per heavy atom. The molecule has 0 aliphatic carbocycles. The minimum atomic E-state index is -0.377. The standard InChI is InChI=1S/C14H15ClN2O3/c1-19-14(18)10-2-5-17-11(8-10)12(15)16-13(17)9-3-6-20-7-4-9/h2,5,8-9H,3-4,6-7H2,1H3. The van der Waals surface area contributed by atoms with Crippen LogP contribution >= 0.6 is 11.6 Å². The molecule has 0 saturated carbocycles. The molecule has 2 aromatic heterocycles. The molecule has 1 saturated heterocycles. The van der Waals surface area contributed by atoms with Crippen molar-refractivity contribution in [2.24, 2.45) is 0 Å². The van der Waals surface area contributed by atoms with Crippen LogP contribution in [0.5, 0.6) is 0 Å². The number of carbonyl (C=O) groups is 1. The van der Waals surface area contributed by atoms with Crippen molar-refractivity contribution >= 4 is 23.1 Å². The lowest BCUT2D eigenvalue weighted by molar-refractivity contribution is 0.0600. The Kier molecular flexibility index (Phi) is 3.63. The van der Waals surface area contributed by atoms with E-state index in [1.807, 2.05) is 10.6 Å². The maximum absolute atomic E-state index is 11.6. The summed E-state index contributed by atoms with van der Waals surface area (Å²) >= 11 is 6.20. The summed E-state index contributed by atoms with van der Waals surface area (Å²) in [4.78, 5) is 16.0. The van der Waals surface area contributed by atoms with Crippen LogP contribution < -0.4 is 0 Å². The molecule has 20 heavy (non-hydrogen) atoms. The molecule has 1 fully saturated rings. The average Bonchev–Trinajstić information content (AvgIpc) is 2.84. The first-order chi connectivity index (χ1) is 9.70. The van der Waals surface area contributed by atoms with E-state index in [2.05, 4.69) is 4.98 Å². The van der Waals surface area contributed by atoms with Gasteiger partial charge in [0.15, 0.2) is 5.15 Å². The largest absolute Gasteiger partial charge is 0.465 e. The topological polar surface area (TPSA) is 52.8 Å². The highest BCUT2D eigenvalue weighted by Gasteiger charge is 2.22. The Bertz CT molecular complexity index is 647. The first-order valence-corrected chi connectivity index (χ1v) is 6.92. The molecule has 0 atom stereocenters. The van der Waals surface area contributed by atoms with E-state index < -0.39 is 0 Å². The van der Waals surface area contributed by atoms with Crippen molar-refractivity contribution in [2.45, 2.75) is 18.8 Å². The van der Waals surface area contributed by atoms with Gasteiger partial charge in [0.25, 0.3) is 0 Å². The number of imidazole rings is 1. The van der Waals surface area contributed by atoms with Crippen LogP contribution in [-0.4, -0.2) is 35.7 Å². The smallest absolute Gasteiger partial charge is 0.337 e. The van der Waals surface area contributed by atoms with Crippen molar-refractivity contribution in [3.8, 4) is 0 Å². The second kappa shape index (κ2) is 5.42. The highest BCUT2D eigenvalue weighted by atomic mass is 35.5. The fourth-order valence-electron chi connectivity index (χ4n) is 2.56. The number of ether oxygens (including phenoxy) is 2. The third kappa shape index (κ3) is 2.27. The van der Waals surface area contributed by atoms with Gasteiger partial charge in [-0.25, -0.2) is 9.78 Å². The number of carbonyl (C=O) groups excluding carboxylic acids is 1. The molecule has 5 nitrogen and oxygen atoms in total. The molecule has 0 radical (unpaired) electrons. The summed E-state index contributed by atoms with van der Waals surface area (Å²) in [6, 6.07) is 3.43. The molecule has 106 valence electrons. The quantitative estimate of drug-likeness (QED) is 0.799. The normalized spacial score (nSPS) is 16.5. The molecule has 0 bridgehead atoms. The van der Waals surface area contributed by atoms with Gasteiger partial charge in [-0.05, 0) is 25.0 Å². The number of rotatable bonds is 2. The minimum Gasteiger partial charge on any atom is -0.465 e. The van der Waals surface area contributed by atoms with E-state index in [1.54, 1.807) is 12.1 Å². The minimum absolute atomic E-state index is 0.340. The summed E-state index contributed by atoms with van der Waals surface area (Å²) < 4.78 is 12.0. The number of hydrogen-bond donors (Lipinski definition) is 0. The zero-order valence-electron chi connectivity index (χ0n) is 11.1. The Labute approximate surface area is 121 Å². The predicted molar refractivity (Wildman–Crippen MR) is 74.3 cm³/mol. The van der Waals surface area contributed by atoms with Crippen molar-refractivity contribution in [2.75, 3.05) is 20.3 Å². The van der Waals surface area contributed by atoms with E-state index in [4.69, 9.17) is 21.1 Å². The molecule has 0 spiro atoms. The van der Waals surface area contributed by atoms with Gasteiger partial charge in [-0.1, -0.05) is 11.6 Å². The molecular weight excluding hydrogens is 280 g/mol. The van der Waals surface area contributed by atoms with Gasteiger partial charge in [0.1, 0.15) is 5.82 Å². The van der Waals surface area contributed by atoms with Crippen molar-refractivity contribution in [3.63, 3.8) is 0 Å². The number of aromatic nitrogens is 2. The second-order valence-electron chi connectivity index (χ2n) is 4.81. The number of fused-ring (bicyclic) bond motifs is 1. The van der Waals surface area contributed by atoms with Crippen molar-refractivity contribution in [1.29, 1.82) is 0 Å². The first-order valence-electron chi connectivity index (χ1n) is 6.54. The van der Waals surface area contributed by atoms with Crippen LogP contribution in [-0.2, 0) is 9.47 Å². The van der Waals surface area contributed by atoms with Gasteiger partial charge in [0.05, 0.1) is 18.2 Å². The molecule has 3 heterocycles. The SMILES string of the molecule is COC(=O)c1ccn2c(C3CCOCC3)nc(Cl)c2c1. The number of pyridine rings is 1. The first kappa shape index (κ1) is 13.4. The van der Waals surface area contributed by atoms with E-state index in [-0.39, 0.29) is 5.97 Å². The van der Waals surface area contributed by atoms with E-state index >= 15 is 0 Å². The maximum atomic E-state index is 11.6. The molecule has 0 N–H and O–H groups in total. The van der Waals surface area contributed by atoms with Crippen LogP contribution in [0.25, 0.3) is 5.52 Å². The number of esters is 1. The lowest BCUT2D eigenvalue weighted by atomic mass is 9.99. The van der Waals surface area contributed by atoms with E-state index in [9.17, 15) is 4.79 Å². The van der Waals surface area contributed by atoms with E-state index in [0.717, 1.165) is 37.4 Å². The van der Waals surface area contributed by atoms with Gasteiger partial charge in [-0.3, -0.25) is 0 Å². The molecule has 6 heteroatoms. The Morgan fingerprint density at radius 2 is 2.25 bits per heavy atom. The average molecular weight is 295 g/mol. The molecular formula is C14H15ClN2O3. The van der Waals surface area contributed by atoms with Crippen molar-refractivity contribution in [1.82, 2.24) is 9.38 Å². The van der Waals surface area contributed by atoms with Crippen LogP contribution in [0, 0.1) is 0 Å². The van der Waals surface area contributed by atoms with Gasteiger partial charge in [0.2, 0.25) is 0 Å². The number of hydrogen-bond acceptors (Lipinski definition) is 4. The lowest BCUT2D eigenvalue weighted by Crippen LogP contribution is -2.16. The highest BCUT2D eigenvalue weighted by Crippen LogP contribution is 2.30. The molecule has 2 aromatic rings. The van der Waals surface area contributed by atoms with Gasteiger partial charge in [-0.2, -0.15) is 0 Å². The van der Waals surface area contributed by atoms with Crippen molar-refractivity contribution < 1.29 is 14.3 Å². The molecule has 1 aliphatic heterocycles. The summed E-state index contributed by atoms with van der Waals surface area (Å²) in [5, 5.41) is 0.414. The zero-order chi connectivity index (χ0) is 14.1. The summed E-state index contributed by atoms with van der Waals surface area (Å²) in [6.45, 7) is 1.49. The van der Waals surface area contributed by atoms with Crippen LogP contribution in [0.1, 0.15) is 34.9 Å². The van der Waals surface area contributed by atoms with Gasteiger partial charge >= 0.3 is 5.97 Å². The summed E-state index contributed by atoms with van der Waals surface area (Å²) in [5.74, 6) is 0.898. The molecule has 0 unspecified atom stereocenters. The zero-order valence-corrected chi connectivity index (χ0v) is 11.9. The van der Waals surface area contributed by atoms with E-state index in [1.165, 1.54) is 7.11 Å². The Hall–Kier alpha value is -1.59. The van der Waals surface area contributed by atoms with Gasteiger partial charge in [0, 0.05) is 25.3 Å². The number of methoxy groups -OCH3 is 1. The predicted octanol–water partition coefficient (Wildman–Crippen LogP) is 2.67. The Morgan fingerprint density at radius 3 is 2.95 bits per heavy atom. The monoisotopic (exact) mass is 294 g/mol. The van der Waals surface area contributed by atoms with Gasteiger partial charge < -0.3 is 13.9 Å². The summed E-state index contributed by atoms with van der Waals surface area (Å²) in [7, 11) is 1.36. The van der Waals surface area contributed by atoms with E-state index in [0.29, 0.717) is 16.6 Å². The summed E-state index contributed by atoms with van der Waals surface area (Å²) in [6.07, 6.45) is 3.70. The molecule has 0 amide bonds. The third-order valence-corrected chi connectivity index (χ3v) is 3.91. The van der Waals surface area contributed by atoms with Crippen LogP contribution in [0.3, 0.4) is 0 Å². The maximum Gasteiger partial charge on any atom is 0.337 e. The fraction of sp³-hybridized carbons (Fsp3) is 0.429. The lowest BCUT2D eigenvalue weighted by Gasteiger charge is -2.20. The Balaban J connectivity index is 2.05. The molecule has 1 aliphatic rings. The number of nitrogens with zero attached hydrogens (tertiary/aromatic N) is 2. The third-order valence-electron chi connectivity index (χ3n) is 3.63. The summed E-state index contributed by atoms with van der Waals surface area (Å²) in [5.41, 5.74) is 1.20. The van der Waals surface area contributed by atoms with Crippen LogP contribution in [0.2, 0.25) is 5.15 Å². The van der Waals surface area contributed by atoms with Crippen molar-refractivity contribution in [3.05, 3.63) is 34.9 Å². The van der Waals surface area contributed by atoms with Crippen LogP contribution in [0.4, 0.5) is 0 Å². The van der Waals surface area contributed by atoms with Gasteiger partial charge in [-0.15, -0.1) is 0 Å². The highest BCUT2D eigenvalue weighted by molar-refractivity contribution is 6.32. The van der Waals surface area contributed by atoms with Crippen LogP contribution in [0.15, 0.2) is 18.3 Å². The molecule has 3 rings (SSSR count). The fourth-order valence-corrected chi connectivity index (χ4v) is 2.79. The molecule has 0 aromatic carbocycles.